The van der Waals surface area contributed by atoms with Crippen LogP contribution >= 0.6 is 0 Å². The Hall–Kier alpha value is -2.12. The summed E-state index contributed by atoms with van der Waals surface area (Å²) in [7, 11) is 1.59. The van der Waals surface area contributed by atoms with E-state index in [4.69, 9.17) is 10.2 Å². The number of amides is 1. The van der Waals surface area contributed by atoms with Gasteiger partial charge in [-0.05, 0) is 24.1 Å². The summed E-state index contributed by atoms with van der Waals surface area (Å²) in [4.78, 5) is 25.0. The van der Waals surface area contributed by atoms with Gasteiger partial charge in [-0.15, -0.1) is 0 Å². The van der Waals surface area contributed by atoms with Gasteiger partial charge >= 0.3 is 5.76 Å². The number of oxazole rings is 1. The molecule has 5 N–H and O–H groups in total. The standard InChI is InChI=1S/C11H14N4O3/c1-13-15-10(16)7(12)4-6-2-3-8-9(5-6)18-11(17)14-8/h2-3,5,7,13H,4,12H2,1H3,(H,14,17)(H,15,16). The van der Waals surface area contributed by atoms with Gasteiger partial charge in [0.05, 0.1) is 11.6 Å². The van der Waals surface area contributed by atoms with Crippen molar-refractivity contribution in [1.29, 1.82) is 0 Å². The number of H-pyrrole nitrogens is 1. The summed E-state index contributed by atoms with van der Waals surface area (Å²) in [6, 6.07) is 4.54. The van der Waals surface area contributed by atoms with Crippen molar-refractivity contribution in [3.8, 4) is 0 Å². The molecule has 0 aliphatic rings. The number of nitrogens with one attached hydrogen (secondary N) is 3. The summed E-state index contributed by atoms with van der Waals surface area (Å²) < 4.78 is 4.93. The number of aromatic amines is 1. The first-order chi connectivity index (χ1) is 8.60. The van der Waals surface area contributed by atoms with Crippen LogP contribution in [0.5, 0.6) is 0 Å². The molecule has 0 radical (unpaired) electrons. The molecular formula is C11H14N4O3. The van der Waals surface area contributed by atoms with Crippen LogP contribution in [0, 0.1) is 0 Å². The van der Waals surface area contributed by atoms with Crippen LogP contribution in [0.1, 0.15) is 5.56 Å². The highest BCUT2D eigenvalue weighted by Crippen LogP contribution is 2.13. The third-order valence-corrected chi connectivity index (χ3v) is 2.53. The Kier molecular flexibility index (Phi) is 3.45. The highest BCUT2D eigenvalue weighted by Gasteiger charge is 2.14. The molecule has 1 amide bonds. The zero-order valence-corrected chi connectivity index (χ0v) is 9.82. The number of fused-ring (bicyclic) bond motifs is 1. The van der Waals surface area contributed by atoms with Crippen LogP contribution < -0.4 is 22.3 Å². The highest BCUT2D eigenvalue weighted by molar-refractivity contribution is 5.81. The molecule has 7 nitrogen and oxygen atoms in total. The lowest BCUT2D eigenvalue weighted by atomic mass is 10.1. The van der Waals surface area contributed by atoms with Crippen molar-refractivity contribution in [3.05, 3.63) is 34.3 Å². The third-order valence-electron chi connectivity index (χ3n) is 2.53. The summed E-state index contributed by atoms with van der Waals surface area (Å²) >= 11 is 0. The van der Waals surface area contributed by atoms with Gasteiger partial charge in [-0.3, -0.25) is 15.2 Å². The van der Waals surface area contributed by atoms with E-state index in [0.29, 0.717) is 17.5 Å². The second kappa shape index (κ2) is 5.03. The predicted octanol–water partition coefficient (Wildman–Crippen LogP) is -0.758. The van der Waals surface area contributed by atoms with Gasteiger partial charge in [-0.2, -0.15) is 0 Å². The predicted molar refractivity (Wildman–Crippen MR) is 65.7 cm³/mol. The minimum absolute atomic E-state index is 0.298. The molecule has 1 heterocycles. The van der Waals surface area contributed by atoms with Crippen LogP contribution in [0.15, 0.2) is 27.4 Å². The average molecular weight is 250 g/mol. The van der Waals surface area contributed by atoms with E-state index in [9.17, 15) is 9.59 Å². The van der Waals surface area contributed by atoms with Gasteiger partial charge in [0.15, 0.2) is 5.58 Å². The second-order valence-corrected chi connectivity index (χ2v) is 3.89. The topological polar surface area (TPSA) is 113 Å². The van der Waals surface area contributed by atoms with Crippen molar-refractivity contribution in [1.82, 2.24) is 15.8 Å². The summed E-state index contributed by atoms with van der Waals surface area (Å²) in [5, 5.41) is 0. The molecule has 2 rings (SSSR count). The lowest BCUT2D eigenvalue weighted by Crippen LogP contribution is -2.46. The Bertz CT molecular complexity index is 616. The number of aromatic nitrogens is 1. The minimum Gasteiger partial charge on any atom is -0.408 e. The van der Waals surface area contributed by atoms with Crippen LogP contribution in [-0.4, -0.2) is 24.0 Å². The maximum Gasteiger partial charge on any atom is 0.417 e. The molecule has 18 heavy (non-hydrogen) atoms. The molecule has 0 fully saturated rings. The van der Waals surface area contributed by atoms with E-state index in [1.807, 2.05) is 0 Å². The number of rotatable bonds is 4. The lowest BCUT2D eigenvalue weighted by Gasteiger charge is -2.11. The van der Waals surface area contributed by atoms with E-state index in [2.05, 4.69) is 15.8 Å². The fourth-order valence-corrected chi connectivity index (χ4v) is 1.68. The number of hydrogen-bond acceptors (Lipinski definition) is 5. The zero-order valence-electron chi connectivity index (χ0n) is 9.82. The Labute approximate surface area is 102 Å². The monoisotopic (exact) mass is 250 g/mol. The number of benzene rings is 1. The van der Waals surface area contributed by atoms with E-state index >= 15 is 0 Å². The molecule has 0 spiro atoms. The smallest absolute Gasteiger partial charge is 0.408 e. The van der Waals surface area contributed by atoms with Crippen molar-refractivity contribution in [2.24, 2.45) is 5.73 Å². The molecule has 2 aromatic rings. The molecule has 7 heteroatoms. The van der Waals surface area contributed by atoms with Gasteiger partial charge < -0.3 is 10.2 Å². The van der Waals surface area contributed by atoms with Crippen LogP contribution in [0.4, 0.5) is 0 Å². The first kappa shape index (κ1) is 12.3. The van der Waals surface area contributed by atoms with E-state index in [1.165, 1.54) is 0 Å². The van der Waals surface area contributed by atoms with E-state index < -0.39 is 11.8 Å². The molecule has 0 aliphatic carbocycles. The van der Waals surface area contributed by atoms with Gasteiger partial charge in [-0.25, -0.2) is 10.2 Å². The van der Waals surface area contributed by atoms with Crippen LogP contribution in [0.25, 0.3) is 11.1 Å². The van der Waals surface area contributed by atoms with Gasteiger partial charge in [0.1, 0.15) is 0 Å². The zero-order chi connectivity index (χ0) is 13.1. The molecular weight excluding hydrogens is 236 g/mol. The molecule has 0 aliphatic heterocycles. The lowest BCUT2D eigenvalue weighted by molar-refractivity contribution is -0.123. The largest absolute Gasteiger partial charge is 0.417 e. The quantitative estimate of drug-likeness (QED) is 0.533. The van der Waals surface area contributed by atoms with Gasteiger partial charge in [0, 0.05) is 7.05 Å². The van der Waals surface area contributed by atoms with Gasteiger partial charge in [0.2, 0.25) is 0 Å². The SMILES string of the molecule is CNNC(=O)C(N)Cc1ccc2[nH]c(=O)oc2c1. The van der Waals surface area contributed by atoms with Crippen LogP contribution in [0.3, 0.4) is 0 Å². The van der Waals surface area contributed by atoms with Gasteiger partial charge in [0.25, 0.3) is 5.91 Å². The summed E-state index contributed by atoms with van der Waals surface area (Å²) in [6.07, 6.45) is 0.359. The minimum atomic E-state index is -0.666. The van der Waals surface area contributed by atoms with E-state index in [-0.39, 0.29) is 5.91 Å². The maximum atomic E-state index is 11.4. The number of nitrogens with two attached hydrogens (primary N) is 1. The molecule has 0 saturated heterocycles. The average Bonchev–Trinajstić information content (AvgIpc) is 2.68. The van der Waals surface area contributed by atoms with Crippen molar-refractivity contribution >= 4 is 17.0 Å². The number of carbonyl (C=O) groups is 1. The van der Waals surface area contributed by atoms with Crippen LogP contribution in [-0.2, 0) is 11.2 Å². The fourth-order valence-electron chi connectivity index (χ4n) is 1.68. The molecule has 1 aromatic heterocycles. The Morgan fingerprint density at radius 3 is 3.06 bits per heavy atom. The van der Waals surface area contributed by atoms with Crippen molar-refractivity contribution < 1.29 is 9.21 Å². The van der Waals surface area contributed by atoms with Gasteiger partial charge in [-0.1, -0.05) is 6.07 Å². The molecule has 1 atom stereocenters. The second-order valence-electron chi connectivity index (χ2n) is 3.89. The molecule has 1 aromatic carbocycles. The van der Waals surface area contributed by atoms with Crippen LogP contribution in [0.2, 0.25) is 0 Å². The molecule has 0 saturated carbocycles. The van der Waals surface area contributed by atoms with E-state index in [1.54, 1.807) is 25.2 Å². The first-order valence-electron chi connectivity index (χ1n) is 5.44. The van der Waals surface area contributed by atoms with Crippen molar-refractivity contribution in [2.75, 3.05) is 7.05 Å². The Balaban J connectivity index is 2.16. The highest BCUT2D eigenvalue weighted by atomic mass is 16.4. The number of carbonyl (C=O) groups excluding carboxylic acids is 1. The van der Waals surface area contributed by atoms with E-state index in [0.717, 1.165) is 5.56 Å². The summed E-state index contributed by atoms with van der Waals surface area (Å²) in [5.41, 5.74) is 12.6. The first-order valence-corrected chi connectivity index (χ1v) is 5.44. The Morgan fingerprint density at radius 2 is 2.33 bits per heavy atom. The fraction of sp³-hybridized carbons (Fsp3) is 0.273. The third kappa shape index (κ3) is 2.58. The maximum absolute atomic E-state index is 11.4. The number of hydrazine groups is 1. The normalized spacial score (nSPS) is 12.6. The molecule has 0 bridgehead atoms. The number of hydrogen-bond donors (Lipinski definition) is 4. The Morgan fingerprint density at radius 1 is 1.56 bits per heavy atom. The van der Waals surface area contributed by atoms with Crippen molar-refractivity contribution in [2.45, 2.75) is 12.5 Å². The van der Waals surface area contributed by atoms with Crippen molar-refractivity contribution in [3.63, 3.8) is 0 Å². The molecule has 96 valence electrons. The molecule has 1 unspecified atom stereocenters. The summed E-state index contributed by atoms with van der Waals surface area (Å²) in [6.45, 7) is 0. The summed E-state index contributed by atoms with van der Waals surface area (Å²) in [5.74, 6) is -0.799.